The molecule has 22 heavy (non-hydrogen) atoms. The molecule has 7 nitrogen and oxygen atoms in total. The number of anilines is 1. The van der Waals surface area contributed by atoms with E-state index in [2.05, 4.69) is 10.2 Å². The van der Waals surface area contributed by atoms with E-state index in [9.17, 15) is 9.59 Å². The minimum Gasteiger partial charge on any atom is -0.465 e. The molecule has 2 saturated heterocycles. The lowest BCUT2D eigenvalue weighted by molar-refractivity contribution is -0.124. The van der Waals surface area contributed by atoms with Crippen LogP contribution in [0.2, 0.25) is 0 Å². The van der Waals surface area contributed by atoms with E-state index >= 15 is 0 Å². The van der Waals surface area contributed by atoms with Crippen LogP contribution in [-0.2, 0) is 4.79 Å². The third kappa shape index (κ3) is 1.78. The molecule has 114 valence electrons. The van der Waals surface area contributed by atoms with Crippen LogP contribution in [-0.4, -0.2) is 51.8 Å². The second-order valence-electron chi connectivity index (χ2n) is 6.08. The Labute approximate surface area is 126 Å². The topological polar surface area (TPSA) is 89.5 Å². The van der Waals surface area contributed by atoms with Gasteiger partial charge in [0.1, 0.15) is 0 Å². The molecule has 1 spiro atoms. The van der Waals surface area contributed by atoms with E-state index in [0.29, 0.717) is 32.5 Å². The van der Waals surface area contributed by atoms with Gasteiger partial charge in [0.25, 0.3) is 0 Å². The predicted molar refractivity (Wildman–Crippen MR) is 79.7 cm³/mol. The Morgan fingerprint density at radius 2 is 2.14 bits per heavy atom. The Kier molecular flexibility index (Phi) is 2.66. The minimum atomic E-state index is -0.942. The number of H-pyrrole nitrogens is 1. The second-order valence-corrected chi connectivity index (χ2v) is 6.08. The molecular weight excluding hydrogens is 284 g/mol. The Morgan fingerprint density at radius 3 is 2.91 bits per heavy atom. The number of likely N-dealkylation sites (tertiary alicyclic amines) is 1. The molecule has 2 aliphatic heterocycles. The van der Waals surface area contributed by atoms with Gasteiger partial charge < -0.3 is 14.9 Å². The number of carbonyl (C=O) groups is 2. The summed E-state index contributed by atoms with van der Waals surface area (Å²) in [6, 6.07) is 5.76. The van der Waals surface area contributed by atoms with Gasteiger partial charge in [0.05, 0.1) is 17.1 Å². The number of rotatable bonds is 1. The molecule has 1 aromatic carbocycles. The summed E-state index contributed by atoms with van der Waals surface area (Å²) in [5.41, 5.74) is 1.25. The van der Waals surface area contributed by atoms with Crippen LogP contribution in [0.4, 0.5) is 10.5 Å². The highest BCUT2D eigenvalue weighted by Gasteiger charge is 2.52. The summed E-state index contributed by atoms with van der Waals surface area (Å²) < 4.78 is 0. The van der Waals surface area contributed by atoms with E-state index in [1.807, 2.05) is 18.2 Å². The average molecular weight is 300 g/mol. The van der Waals surface area contributed by atoms with Gasteiger partial charge in [-0.25, -0.2) is 4.79 Å². The minimum absolute atomic E-state index is 0.0408. The fraction of sp³-hybridized carbons (Fsp3) is 0.400. The van der Waals surface area contributed by atoms with Crippen LogP contribution >= 0.6 is 0 Å². The summed E-state index contributed by atoms with van der Waals surface area (Å²) in [5.74, 6) is 0.0408. The van der Waals surface area contributed by atoms with Crippen LogP contribution in [0, 0.1) is 5.41 Å². The van der Waals surface area contributed by atoms with Crippen LogP contribution in [0.25, 0.3) is 10.9 Å². The van der Waals surface area contributed by atoms with Gasteiger partial charge in [0, 0.05) is 30.7 Å². The number of aromatic nitrogens is 2. The molecule has 2 fully saturated rings. The Bertz CT molecular complexity index is 771. The number of aromatic amines is 1. The highest BCUT2D eigenvalue weighted by atomic mass is 16.4. The van der Waals surface area contributed by atoms with Crippen molar-refractivity contribution < 1.29 is 14.7 Å². The molecule has 0 unspecified atom stereocenters. The zero-order valence-corrected chi connectivity index (χ0v) is 12.0. The van der Waals surface area contributed by atoms with E-state index in [-0.39, 0.29) is 5.91 Å². The zero-order chi connectivity index (χ0) is 15.3. The van der Waals surface area contributed by atoms with E-state index in [1.54, 1.807) is 11.1 Å². The number of nitrogens with one attached hydrogen (secondary N) is 1. The Morgan fingerprint density at radius 1 is 1.32 bits per heavy atom. The zero-order valence-electron chi connectivity index (χ0n) is 12.0. The first-order valence-corrected chi connectivity index (χ1v) is 7.32. The highest BCUT2D eigenvalue weighted by Crippen LogP contribution is 2.42. The van der Waals surface area contributed by atoms with Gasteiger partial charge in [0.15, 0.2) is 0 Å². The molecule has 0 aliphatic carbocycles. The van der Waals surface area contributed by atoms with Crippen molar-refractivity contribution >= 4 is 28.6 Å². The lowest BCUT2D eigenvalue weighted by Gasteiger charge is -2.23. The van der Waals surface area contributed by atoms with Crippen LogP contribution in [0.5, 0.6) is 0 Å². The number of nitrogens with zero attached hydrogens (tertiary/aromatic N) is 3. The summed E-state index contributed by atoms with van der Waals surface area (Å²) in [4.78, 5) is 27.1. The lowest BCUT2D eigenvalue weighted by atomic mass is 9.85. The van der Waals surface area contributed by atoms with Crippen molar-refractivity contribution in [3.05, 3.63) is 24.4 Å². The second kappa shape index (κ2) is 4.46. The summed E-state index contributed by atoms with van der Waals surface area (Å²) in [5, 5.41) is 17.0. The summed E-state index contributed by atoms with van der Waals surface area (Å²) in [7, 11) is 0. The van der Waals surface area contributed by atoms with Crippen LogP contribution in [0.15, 0.2) is 24.4 Å². The quantitative estimate of drug-likeness (QED) is 0.838. The van der Waals surface area contributed by atoms with Crippen molar-refractivity contribution in [1.82, 2.24) is 15.1 Å². The number of amides is 2. The maximum absolute atomic E-state index is 12.9. The van der Waals surface area contributed by atoms with Gasteiger partial charge in [-0.15, -0.1) is 0 Å². The SMILES string of the molecule is O=C(O)N1CC[C@]2(CCN(c3ccc4[nH]ncc4c3)C2=O)C1. The lowest BCUT2D eigenvalue weighted by Crippen LogP contribution is -2.38. The molecular formula is C15H16N4O3. The maximum atomic E-state index is 12.9. The Hall–Kier alpha value is -2.57. The maximum Gasteiger partial charge on any atom is 0.407 e. The van der Waals surface area contributed by atoms with Crippen LogP contribution in [0.3, 0.4) is 0 Å². The number of hydrogen-bond donors (Lipinski definition) is 2. The molecule has 2 aromatic rings. The summed E-state index contributed by atoms with van der Waals surface area (Å²) in [6.45, 7) is 1.39. The van der Waals surface area contributed by atoms with Crippen molar-refractivity contribution in [2.75, 3.05) is 24.5 Å². The highest BCUT2D eigenvalue weighted by molar-refractivity contribution is 6.01. The molecule has 1 atom stereocenters. The molecule has 4 rings (SSSR count). The van der Waals surface area contributed by atoms with Crippen molar-refractivity contribution in [2.45, 2.75) is 12.8 Å². The van der Waals surface area contributed by atoms with Gasteiger partial charge in [-0.1, -0.05) is 0 Å². The average Bonchev–Trinajstić information content (AvgIpc) is 3.20. The smallest absolute Gasteiger partial charge is 0.407 e. The van der Waals surface area contributed by atoms with Crippen molar-refractivity contribution in [1.29, 1.82) is 0 Å². The van der Waals surface area contributed by atoms with Crippen molar-refractivity contribution in [2.24, 2.45) is 5.41 Å². The van der Waals surface area contributed by atoms with Crippen LogP contribution in [0.1, 0.15) is 12.8 Å². The first-order chi connectivity index (χ1) is 10.6. The third-order valence-corrected chi connectivity index (χ3v) is 4.87. The van der Waals surface area contributed by atoms with E-state index in [1.165, 1.54) is 4.90 Å². The number of hydrogen-bond acceptors (Lipinski definition) is 3. The largest absolute Gasteiger partial charge is 0.465 e. The number of carboxylic acid groups (broad SMARTS) is 1. The first kappa shape index (κ1) is 13.1. The number of carbonyl (C=O) groups excluding carboxylic acids is 1. The molecule has 3 heterocycles. The summed E-state index contributed by atoms with van der Waals surface area (Å²) >= 11 is 0. The van der Waals surface area contributed by atoms with Gasteiger partial charge >= 0.3 is 6.09 Å². The van der Waals surface area contributed by atoms with Crippen molar-refractivity contribution in [3.63, 3.8) is 0 Å². The molecule has 0 bridgehead atoms. The first-order valence-electron chi connectivity index (χ1n) is 7.32. The molecule has 7 heteroatoms. The van der Waals surface area contributed by atoms with E-state index in [0.717, 1.165) is 16.6 Å². The third-order valence-electron chi connectivity index (χ3n) is 4.87. The normalized spacial score (nSPS) is 24.8. The van der Waals surface area contributed by atoms with E-state index in [4.69, 9.17) is 5.11 Å². The molecule has 2 aliphatic rings. The van der Waals surface area contributed by atoms with Crippen molar-refractivity contribution in [3.8, 4) is 0 Å². The fourth-order valence-electron chi connectivity index (χ4n) is 3.58. The Balaban J connectivity index is 1.62. The summed E-state index contributed by atoms with van der Waals surface area (Å²) in [6.07, 6.45) is 2.11. The van der Waals surface area contributed by atoms with Gasteiger partial charge in [-0.3, -0.25) is 9.89 Å². The number of benzene rings is 1. The predicted octanol–water partition coefficient (Wildman–Crippen LogP) is 1.67. The van der Waals surface area contributed by atoms with Gasteiger partial charge in [-0.05, 0) is 31.0 Å². The molecule has 1 aromatic heterocycles. The van der Waals surface area contributed by atoms with Crippen LogP contribution < -0.4 is 4.90 Å². The molecule has 2 amide bonds. The molecule has 0 radical (unpaired) electrons. The molecule has 0 saturated carbocycles. The fourth-order valence-corrected chi connectivity index (χ4v) is 3.58. The number of fused-ring (bicyclic) bond motifs is 1. The molecule has 2 N–H and O–H groups in total. The monoisotopic (exact) mass is 300 g/mol. The standard InChI is InChI=1S/C15H16N4O3/c20-13-15(3-5-18(9-15)14(21)22)4-6-19(13)11-1-2-12-10(7-11)8-16-17-12/h1-2,7-8H,3-6,9H2,(H,16,17)(H,21,22)/t15-/m0/s1. The van der Waals surface area contributed by atoms with E-state index < -0.39 is 11.5 Å². The van der Waals surface area contributed by atoms with Gasteiger partial charge in [0.2, 0.25) is 5.91 Å². The van der Waals surface area contributed by atoms with Gasteiger partial charge in [-0.2, -0.15) is 5.10 Å².